The van der Waals surface area contributed by atoms with Gasteiger partial charge in [0.1, 0.15) is 0 Å². The monoisotopic (exact) mass is 553 g/mol. The van der Waals surface area contributed by atoms with E-state index < -0.39 is 45.9 Å². The first kappa shape index (κ1) is 31.9. The van der Waals surface area contributed by atoms with Crippen molar-refractivity contribution in [3.63, 3.8) is 0 Å². The number of aliphatic hydroxyl groups is 1. The second-order valence-corrected chi connectivity index (χ2v) is 12.2. The number of hydrogen-bond donors (Lipinski definition) is 3. The third-order valence-corrected chi connectivity index (χ3v) is 7.28. The van der Waals surface area contributed by atoms with Crippen LogP contribution in [0.15, 0.2) is 36.4 Å². The van der Waals surface area contributed by atoms with Crippen molar-refractivity contribution in [2.24, 2.45) is 23.7 Å². The van der Waals surface area contributed by atoms with Gasteiger partial charge in [0, 0.05) is 26.2 Å². The lowest BCUT2D eigenvalue weighted by atomic mass is 9.82. The zero-order chi connectivity index (χ0) is 28.1. The number of rotatable bonds is 15. The number of nitrogens with zero attached hydrogens (tertiary/aromatic N) is 1. The number of hydrogen-bond acceptors (Lipinski definition) is 7. The maximum atomic E-state index is 13.5. The fourth-order valence-corrected chi connectivity index (χ4v) is 4.93. The lowest BCUT2D eigenvalue weighted by Gasteiger charge is -2.30. The largest absolute Gasteiger partial charge is 0.396 e. The molecule has 0 saturated carbocycles. The topological polar surface area (TPSA) is 134 Å². The summed E-state index contributed by atoms with van der Waals surface area (Å²) < 4.78 is 31.1. The summed E-state index contributed by atoms with van der Waals surface area (Å²) in [7, 11) is -3.82. The first-order chi connectivity index (χ1) is 18.0. The molecule has 2 amide bonds. The van der Waals surface area contributed by atoms with Crippen LogP contribution in [0.2, 0.25) is 0 Å². The van der Waals surface area contributed by atoms with Crippen LogP contribution in [0.3, 0.4) is 0 Å². The van der Waals surface area contributed by atoms with Crippen molar-refractivity contribution in [1.82, 2.24) is 15.3 Å². The molecule has 1 aromatic rings. The van der Waals surface area contributed by atoms with E-state index in [0.29, 0.717) is 19.4 Å². The summed E-state index contributed by atoms with van der Waals surface area (Å²) in [6, 6.07) is 9.58. The Hall–Kier alpha value is -2.31. The molecule has 214 valence electrons. The standard InChI is InChI=1S/C27H43N3O7S/c1-20(2)17-24(26(32)28-30(38(4,34)35)18-21(3)19-31)23(14-10-13-22-11-6-5-7-12-22)27(33)29-37-25-15-8-9-16-36-25/h5-7,10-13,20-21,23-25,31H,8-9,14-19H2,1-4H3,(H,28,32)(H,29,33)/t21-,23+,24-,25?/m1/s1. The Kier molecular flexibility index (Phi) is 13.4. The normalized spacial score (nSPS) is 18.9. The van der Waals surface area contributed by atoms with Gasteiger partial charge in [-0.05, 0) is 43.1 Å². The fourth-order valence-electron chi connectivity index (χ4n) is 4.14. The molecule has 0 radical (unpaired) electrons. The molecule has 0 aromatic heterocycles. The Morgan fingerprint density at radius 1 is 1.16 bits per heavy atom. The highest BCUT2D eigenvalue weighted by molar-refractivity contribution is 7.88. The summed E-state index contributed by atoms with van der Waals surface area (Å²) in [5.74, 6) is -3.10. The van der Waals surface area contributed by atoms with Gasteiger partial charge in [0.25, 0.3) is 0 Å². The molecule has 0 spiro atoms. The number of allylic oxidation sites excluding steroid dienone is 1. The van der Waals surface area contributed by atoms with Crippen molar-refractivity contribution in [1.29, 1.82) is 0 Å². The van der Waals surface area contributed by atoms with E-state index in [1.54, 1.807) is 6.92 Å². The molecule has 1 fully saturated rings. The molecule has 1 saturated heterocycles. The zero-order valence-corrected chi connectivity index (χ0v) is 23.7. The number of benzene rings is 1. The van der Waals surface area contributed by atoms with E-state index in [9.17, 15) is 23.1 Å². The van der Waals surface area contributed by atoms with Gasteiger partial charge in [0.15, 0.2) is 6.29 Å². The van der Waals surface area contributed by atoms with Crippen molar-refractivity contribution in [2.75, 3.05) is 26.0 Å². The van der Waals surface area contributed by atoms with E-state index in [0.717, 1.165) is 29.1 Å². The molecule has 2 rings (SSSR count). The minimum atomic E-state index is -3.82. The van der Waals surface area contributed by atoms with E-state index in [4.69, 9.17) is 9.57 Å². The Bertz CT molecular complexity index is 995. The Morgan fingerprint density at radius 3 is 2.45 bits per heavy atom. The maximum Gasteiger partial charge on any atom is 0.247 e. The zero-order valence-electron chi connectivity index (χ0n) is 22.8. The maximum absolute atomic E-state index is 13.5. The summed E-state index contributed by atoms with van der Waals surface area (Å²) in [6.45, 7) is 5.75. The number of carbonyl (C=O) groups is 2. The molecular weight excluding hydrogens is 510 g/mol. The minimum Gasteiger partial charge on any atom is -0.396 e. The van der Waals surface area contributed by atoms with E-state index in [1.165, 1.54) is 0 Å². The van der Waals surface area contributed by atoms with Crippen LogP contribution in [0.4, 0.5) is 0 Å². The molecule has 1 aromatic carbocycles. The number of hydrazine groups is 1. The summed E-state index contributed by atoms with van der Waals surface area (Å²) in [6.07, 6.45) is 7.23. The predicted molar refractivity (Wildman–Crippen MR) is 145 cm³/mol. The fraction of sp³-hybridized carbons (Fsp3) is 0.630. The highest BCUT2D eigenvalue weighted by Gasteiger charge is 2.36. The molecule has 1 unspecified atom stereocenters. The Morgan fingerprint density at radius 2 is 1.87 bits per heavy atom. The minimum absolute atomic E-state index is 0.0461. The number of nitrogens with one attached hydrogen (secondary N) is 2. The van der Waals surface area contributed by atoms with Gasteiger partial charge < -0.3 is 9.84 Å². The molecule has 1 aliphatic rings. The molecule has 1 aliphatic heterocycles. The molecule has 3 N–H and O–H groups in total. The van der Waals surface area contributed by atoms with Crippen molar-refractivity contribution in [3.8, 4) is 0 Å². The molecular formula is C27H43N3O7S. The second-order valence-electron chi connectivity index (χ2n) is 10.3. The Labute approximate surface area is 226 Å². The number of amides is 2. The molecule has 0 bridgehead atoms. The van der Waals surface area contributed by atoms with Gasteiger partial charge in [-0.3, -0.25) is 15.0 Å². The van der Waals surface area contributed by atoms with Crippen LogP contribution in [0, 0.1) is 23.7 Å². The van der Waals surface area contributed by atoms with E-state index in [1.807, 2.05) is 56.3 Å². The van der Waals surface area contributed by atoms with E-state index in [2.05, 4.69) is 10.9 Å². The van der Waals surface area contributed by atoms with Crippen LogP contribution >= 0.6 is 0 Å². The van der Waals surface area contributed by atoms with Gasteiger partial charge in [-0.15, -0.1) is 4.41 Å². The van der Waals surface area contributed by atoms with Crippen LogP contribution in [0.5, 0.6) is 0 Å². The highest BCUT2D eigenvalue weighted by atomic mass is 32.2. The van der Waals surface area contributed by atoms with Crippen LogP contribution < -0.4 is 10.9 Å². The van der Waals surface area contributed by atoms with Gasteiger partial charge >= 0.3 is 0 Å². The summed E-state index contributed by atoms with van der Waals surface area (Å²) in [5, 5.41) is 9.41. The van der Waals surface area contributed by atoms with Crippen molar-refractivity contribution in [2.45, 2.75) is 59.2 Å². The highest BCUT2D eigenvalue weighted by Crippen LogP contribution is 2.26. The van der Waals surface area contributed by atoms with E-state index in [-0.39, 0.29) is 25.5 Å². The van der Waals surface area contributed by atoms with Gasteiger partial charge in [-0.1, -0.05) is 63.3 Å². The van der Waals surface area contributed by atoms with Crippen LogP contribution in [-0.2, 0) is 29.2 Å². The average molecular weight is 554 g/mol. The summed E-state index contributed by atoms with van der Waals surface area (Å²) >= 11 is 0. The first-order valence-electron chi connectivity index (χ1n) is 13.2. The van der Waals surface area contributed by atoms with Crippen LogP contribution in [0.25, 0.3) is 6.08 Å². The second kappa shape index (κ2) is 15.9. The summed E-state index contributed by atoms with van der Waals surface area (Å²) in [4.78, 5) is 32.4. The quantitative estimate of drug-likeness (QED) is 0.284. The number of carbonyl (C=O) groups excluding carboxylic acids is 2. The molecule has 10 nitrogen and oxygen atoms in total. The molecule has 38 heavy (non-hydrogen) atoms. The lowest BCUT2D eigenvalue weighted by molar-refractivity contribution is -0.203. The van der Waals surface area contributed by atoms with Gasteiger partial charge in [-0.2, -0.15) is 0 Å². The number of ether oxygens (including phenoxy) is 1. The lowest BCUT2D eigenvalue weighted by Crippen LogP contribution is -2.52. The molecule has 0 aliphatic carbocycles. The predicted octanol–water partition coefficient (Wildman–Crippen LogP) is 2.86. The third kappa shape index (κ3) is 11.2. The van der Waals surface area contributed by atoms with Gasteiger partial charge in [0.2, 0.25) is 21.8 Å². The average Bonchev–Trinajstić information content (AvgIpc) is 2.88. The number of hydroxylamine groups is 1. The summed E-state index contributed by atoms with van der Waals surface area (Å²) in [5.41, 5.74) is 5.94. The van der Waals surface area contributed by atoms with Crippen molar-refractivity contribution in [3.05, 3.63) is 42.0 Å². The Balaban J connectivity index is 2.29. The van der Waals surface area contributed by atoms with Crippen molar-refractivity contribution < 1.29 is 32.7 Å². The third-order valence-electron chi connectivity index (χ3n) is 6.24. The van der Waals surface area contributed by atoms with Crippen LogP contribution in [-0.4, -0.2) is 62.1 Å². The van der Waals surface area contributed by atoms with Crippen LogP contribution in [0.1, 0.15) is 58.4 Å². The smallest absolute Gasteiger partial charge is 0.247 e. The SMILES string of the molecule is CC(C)C[C@@H](C(=O)NN(C[C@@H](C)CO)S(C)(=O)=O)[C@H](CC=Cc1ccccc1)C(=O)NOC1CCCCO1. The first-order valence-corrected chi connectivity index (χ1v) is 15.0. The molecule has 4 atom stereocenters. The molecule has 1 heterocycles. The number of aliphatic hydroxyl groups excluding tert-OH is 1. The van der Waals surface area contributed by atoms with Crippen molar-refractivity contribution >= 4 is 27.9 Å². The van der Waals surface area contributed by atoms with Gasteiger partial charge in [0.05, 0.1) is 18.1 Å². The number of sulfonamides is 1. The molecule has 11 heteroatoms. The van der Waals surface area contributed by atoms with E-state index >= 15 is 0 Å². The van der Waals surface area contributed by atoms with Gasteiger partial charge in [-0.25, -0.2) is 18.7 Å².